The summed E-state index contributed by atoms with van der Waals surface area (Å²) in [5.41, 5.74) is 1.61. The fourth-order valence-electron chi connectivity index (χ4n) is 2.35. The SMILES string of the molecule is CCC(=O)O.CCCCCNc1nc(C)c(-c2ccc(OC)c(S(N)(=O)=O)c2)s1. The number of aryl methyl sites for hydroxylation is 1. The minimum atomic E-state index is -3.86. The first-order chi connectivity index (χ1) is 13.6. The normalized spacial score (nSPS) is 10.8. The molecule has 0 amide bonds. The second-order valence-electron chi connectivity index (χ2n) is 6.23. The smallest absolute Gasteiger partial charge is 0.303 e. The quantitative estimate of drug-likeness (QED) is 0.501. The lowest BCUT2D eigenvalue weighted by Gasteiger charge is -2.08. The van der Waals surface area contributed by atoms with E-state index in [4.69, 9.17) is 15.0 Å². The number of benzene rings is 1. The number of aromatic nitrogens is 1. The zero-order valence-electron chi connectivity index (χ0n) is 17.2. The molecule has 0 aliphatic carbocycles. The number of methoxy groups -OCH3 is 1. The second kappa shape index (κ2) is 11.7. The van der Waals surface area contributed by atoms with Crippen LogP contribution in [-0.2, 0) is 14.8 Å². The van der Waals surface area contributed by atoms with Crippen LogP contribution in [0.1, 0.15) is 45.2 Å². The van der Waals surface area contributed by atoms with Gasteiger partial charge in [0.05, 0.1) is 17.7 Å². The Kier molecular flexibility index (Phi) is 10.1. The highest BCUT2D eigenvalue weighted by molar-refractivity contribution is 7.89. The van der Waals surface area contributed by atoms with E-state index in [1.165, 1.54) is 37.4 Å². The molecular formula is C19H29N3O5S2. The van der Waals surface area contributed by atoms with Gasteiger partial charge in [-0.2, -0.15) is 0 Å². The average Bonchev–Trinajstić information content (AvgIpc) is 3.05. The monoisotopic (exact) mass is 443 g/mol. The summed E-state index contributed by atoms with van der Waals surface area (Å²) >= 11 is 1.50. The fourth-order valence-corrected chi connectivity index (χ4v) is 4.06. The van der Waals surface area contributed by atoms with Crippen LogP contribution < -0.4 is 15.2 Å². The summed E-state index contributed by atoms with van der Waals surface area (Å²) < 4.78 is 28.6. The number of primary sulfonamides is 1. The maximum Gasteiger partial charge on any atom is 0.303 e. The van der Waals surface area contributed by atoms with E-state index in [9.17, 15) is 13.2 Å². The van der Waals surface area contributed by atoms with Gasteiger partial charge in [-0.3, -0.25) is 4.79 Å². The molecule has 0 atom stereocenters. The third kappa shape index (κ3) is 8.00. The van der Waals surface area contributed by atoms with Gasteiger partial charge in [-0.15, -0.1) is 0 Å². The summed E-state index contributed by atoms with van der Waals surface area (Å²) in [7, 11) is -2.44. The van der Waals surface area contributed by atoms with E-state index in [1.807, 2.05) is 13.0 Å². The van der Waals surface area contributed by atoms with Crippen molar-refractivity contribution in [2.45, 2.75) is 51.3 Å². The lowest BCUT2D eigenvalue weighted by Crippen LogP contribution is -2.13. The van der Waals surface area contributed by atoms with Gasteiger partial charge in [0.15, 0.2) is 5.13 Å². The lowest BCUT2D eigenvalue weighted by molar-refractivity contribution is -0.136. The molecule has 0 radical (unpaired) electrons. The number of hydrogen-bond donors (Lipinski definition) is 3. The second-order valence-corrected chi connectivity index (χ2v) is 8.75. The number of unbranched alkanes of at least 4 members (excludes halogenated alkanes) is 2. The van der Waals surface area contributed by atoms with Crippen molar-refractivity contribution in [1.29, 1.82) is 0 Å². The number of nitrogens with two attached hydrogens (primary N) is 1. The van der Waals surface area contributed by atoms with Crippen LogP contribution >= 0.6 is 11.3 Å². The zero-order valence-corrected chi connectivity index (χ0v) is 18.8. The van der Waals surface area contributed by atoms with E-state index in [2.05, 4.69) is 17.2 Å². The molecule has 162 valence electrons. The highest BCUT2D eigenvalue weighted by Gasteiger charge is 2.18. The van der Waals surface area contributed by atoms with Crippen LogP contribution in [0.5, 0.6) is 5.75 Å². The number of thiazole rings is 1. The van der Waals surface area contributed by atoms with Gasteiger partial charge < -0.3 is 15.2 Å². The molecule has 4 N–H and O–H groups in total. The van der Waals surface area contributed by atoms with Gasteiger partial charge in [-0.1, -0.05) is 38.0 Å². The maximum absolute atomic E-state index is 11.8. The Hall–Kier alpha value is -2.17. The first-order valence-corrected chi connectivity index (χ1v) is 11.6. The van der Waals surface area contributed by atoms with Crippen LogP contribution in [-0.4, -0.2) is 38.1 Å². The molecule has 0 saturated heterocycles. The number of sulfonamides is 1. The number of nitrogens with zero attached hydrogens (tertiary/aromatic N) is 1. The Balaban J connectivity index is 0.000000749. The third-order valence-electron chi connectivity index (χ3n) is 3.89. The minimum Gasteiger partial charge on any atom is -0.495 e. The topological polar surface area (TPSA) is 132 Å². The van der Waals surface area contributed by atoms with Crippen LogP contribution in [0.4, 0.5) is 5.13 Å². The molecule has 1 aromatic heterocycles. The highest BCUT2D eigenvalue weighted by atomic mass is 32.2. The molecule has 2 rings (SSSR count). The number of anilines is 1. The molecule has 0 aliphatic rings. The molecule has 29 heavy (non-hydrogen) atoms. The van der Waals surface area contributed by atoms with E-state index in [0.29, 0.717) is 0 Å². The molecule has 1 heterocycles. The summed E-state index contributed by atoms with van der Waals surface area (Å²) in [6.07, 6.45) is 3.68. The Morgan fingerprint density at radius 3 is 2.48 bits per heavy atom. The number of rotatable bonds is 9. The molecule has 0 fully saturated rings. The van der Waals surface area contributed by atoms with Crippen molar-refractivity contribution >= 4 is 32.5 Å². The third-order valence-corrected chi connectivity index (χ3v) is 5.98. The van der Waals surface area contributed by atoms with Crippen LogP contribution in [0.25, 0.3) is 10.4 Å². The Labute approximate surface area is 176 Å². The number of hydrogen-bond acceptors (Lipinski definition) is 7. The van der Waals surface area contributed by atoms with Crippen molar-refractivity contribution in [2.24, 2.45) is 5.14 Å². The largest absolute Gasteiger partial charge is 0.495 e. The number of carboxylic acid groups (broad SMARTS) is 1. The van der Waals surface area contributed by atoms with E-state index in [0.717, 1.165) is 34.2 Å². The summed E-state index contributed by atoms with van der Waals surface area (Å²) in [6, 6.07) is 4.97. The molecule has 8 nitrogen and oxygen atoms in total. The van der Waals surface area contributed by atoms with E-state index < -0.39 is 16.0 Å². The van der Waals surface area contributed by atoms with Crippen molar-refractivity contribution in [3.05, 3.63) is 23.9 Å². The summed E-state index contributed by atoms with van der Waals surface area (Å²) in [6.45, 7) is 6.55. The van der Waals surface area contributed by atoms with E-state index in [-0.39, 0.29) is 17.1 Å². The molecule has 0 saturated carbocycles. The fraction of sp³-hybridized carbons (Fsp3) is 0.474. The Morgan fingerprint density at radius 1 is 1.31 bits per heavy atom. The van der Waals surface area contributed by atoms with Crippen LogP contribution in [0.2, 0.25) is 0 Å². The van der Waals surface area contributed by atoms with Crippen LogP contribution in [0.3, 0.4) is 0 Å². The number of aliphatic carboxylic acids is 1. The minimum absolute atomic E-state index is 0.0206. The molecule has 0 spiro atoms. The number of nitrogens with one attached hydrogen (secondary N) is 1. The zero-order chi connectivity index (χ0) is 22.0. The van der Waals surface area contributed by atoms with Crippen molar-refractivity contribution < 1.29 is 23.1 Å². The van der Waals surface area contributed by atoms with Gasteiger partial charge in [0.25, 0.3) is 0 Å². The van der Waals surface area contributed by atoms with Crippen LogP contribution in [0.15, 0.2) is 23.1 Å². The first-order valence-electron chi connectivity index (χ1n) is 9.28. The van der Waals surface area contributed by atoms with Gasteiger partial charge in [-0.05, 0) is 37.1 Å². The predicted octanol–water partition coefficient (Wildman–Crippen LogP) is 3.86. The van der Waals surface area contributed by atoms with Gasteiger partial charge in [0, 0.05) is 13.0 Å². The van der Waals surface area contributed by atoms with Gasteiger partial charge in [0.1, 0.15) is 10.6 Å². The van der Waals surface area contributed by atoms with Crippen molar-refractivity contribution in [2.75, 3.05) is 19.0 Å². The first kappa shape index (κ1) is 24.9. The summed E-state index contributed by atoms with van der Waals surface area (Å²) in [5, 5.41) is 17.2. The number of ether oxygens (including phenoxy) is 1. The van der Waals surface area contributed by atoms with E-state index in [1.54, 1.807) is 13.0 Å². The molecule has 2 aromatic rings. The molecule has 10 heteroatoms. The number of carboxylic acids is 1. The lowest BCUT2D eigenvalue weighted by atomic mass is 10.1. The standard InChI is InChI=1S/C16H23N3O3S2.C3H6O2/c1-4-5-6-9-18-16-19-11(2)15(23-16)12-7-8-13(22-3)14(10-12)24(17,20)21;1-2-3(4)5/h7-8,10H,4-6,9H2,1-3H3,(H,18,19)(H2,17,20,21);2H2,1H3,(H,4,5). The summed E-state index contributed by atoms with van der Waals surface area (Å²) in [5.74, 6) is -0.508. The van der Waals surface area contributed by atoms with Gasteiger partial charge in [0.2, 0.25) is 10.0 Å². The molecule has 0 unspecified atom stereocenters. The number of carbonyl (C=O) groups is 1. The molecule has 0 aliphatic heterocycles. The molecule has 0 bridgehead atoms. The van der Waals surface area contributed by atoms with Crippen molar-refractivity contribution in [3.63, 3.8) is 0 Å². The Morgan fingerprint density at radius 2 is 1.97 bits per heavy atom. The summed E-state index contributed by atoms with van der Waals surface area (Å²) in [4.78, 5) is 14.8. The maximum atomic E-state index is 11.8. The molecular weight excluding hydrogens is 414 g/mol. The highest BCUT2D eigenvalue weighted by Crippen LogP contribution is 2.36. The van der Waals surface area contributed by atoms with E-state index >= 15 is 0 Å². The average molecular weight is 444 g/mol. The van der Waals surface area contributed by atoms with Gasteiger partial charge in [-0.25, -0.2) is 18.5 Å². The van der Waals surface area contributed by atoms with Crippen molar-refractivity contribution in [3.8, 4) is 16.2 Å². The van der Waals surface area contributed by atoms with Gasteiger partial charge >= 0.3 is 5.97 Å². The molecule has 1 aromatic carbocycles. The van der Waals surface area contributed by atoms with Crippen molar-refractivity contribution in [1.82, 2.24) is 4.98 Å². The van der Waals surface area contributed by atoms with Crippen LogP contribution in [0, 0.1) is 6.92 Å². The Bertz CT molecular complexity index is 911. The predicted molar refractivity (Wildman–Crippen MR) is 116 cm³/mol.